The van der Waals surface area contributed by atoms with Crippen LogP contribution in [0.5, 0.6) is 0 Å². The third-order valence-electron chi connectivity index (χ3n) is 1.79. The van der Waals surface area contributed by atoms with Gasteiger partial charge in [-0.25, -0.2) is 13.2 Å². The fourth-order valence-corrected chi connectivity index (χ4v) is 1.06. The molecule has 0 bridgehead atoms. The van der Waals surface area contributed by atoms with Gasteiger partial charge in [0.05, 0.1) is 0 Å². The molecule has 5 heteroatoms. The van der Waals surface area contributed by atoms with Crippen molar-refractivity contribution in [2.24, 2.45) is 5.73 Å². The Bertz CT molecular complexity index is 291. The van der Waals surface area contributed by atoms with Crippen LogP contribution in [0.2, 0.25) is 0 Å². The van der Waals surface area contributed by atoms with Crippen LogP contribution in [0.1, 0.15) is 11.3 Å². The first-order valence-electron chi connectivity index (χ1n) is 4.19. The van der Waals surface area contributed by atoms with E-state index in [2.05, 4.69) is 4.98 Å². The zero-order valence-electron chi connectivity index (χ0n) is 7.46. The molecule has 0 saturated heterocycles. The Hall–Kier alpha value is -1.10. The maximum Gasteiger partial charge on any atom is 0.269 e. The second-order valence-electron chi connectivity index (χ2n) is 2.91. The van der Waals surface area contributed by atoms with Crippen LogP contribution in [-0.4, -0.2) is 17.6 Å². The van der Waals surface area contributed by atoms with Crippen LogP contribution in [0, 0.1) is 0 Å². The molecular formula is C9H11F3N2. The predicted octanol–water partition coefficient (Wildman–Crippen LogP) is 1.69. The van der Waals surface area contributed by atoms with Crippen LogP contribution in [0.4, 0.5) is 13.2 Å². The maximum absolute atomic E-state index is 12.6. The Morgan fingerprint density at radius 2 is 2.07 bits per heavy atom. The van der Waals surface area contributed by atoms with Gasteiger partial charge in [0.25, 0.3) is 6.43 Å². The predicted molar refractivity (Wildman–Crippen MR) is 46.7 cm³/mol. The van der Waals surface area contributed by atoms with Gasteiger partial charge < -0.3 is 5.73 Å². The lowest BCUT2D eigenvalue weighted by Gasteiger charge is -2.06. The van der Waals surface area contributed by atoms with E-state index in [-0.39, 0.29) is 6.42 Å². The van der Waals surface area contributed by atoms with Crippen molar-refractivity contribution >= 4 is 0 Å². The van der Waals surface area contributed by atoms with E-state index in [0.717, 1.165) is 5.56 Å². The molecule has 0 amide bonds. The molecule has 1 aromatic heterocycles. The minimum atomic E-state index is -2.96. The Morgan fingerprint density at radius 1 is 1.36 bits per heavy atom. The number of nitrogens with zero attached hydrogens (tertiary/aromatic N) is 1. The third-order valence-corrected chi connectivity index (χ3v) is 1.79. The van der Waals surface area contributed by atoms with E-state index >= 15 is 0 Å². The first kappa shape index (κ1) is 11.0. The van der Waals surface area contributed by atoms with E-state index in [1.54, 1.807) is 6.07 Å². The van der Waals surface area contributed by atoms with Crippen molar-refractivity contribution in [3.05, 3.63) is 29.6 Å². The summed E-state index contributed by atoms with van der Waals surface area (Å²) in [5, 5.41) is 0. The number of hydrogen-bond donors (Lipinski definition) is 1. The lowest BCUT2D eigenvalue weighted by molar-refractivity contribution is 0.0498. The molecule has 0 spiro atoms. The SMILES string of the molecule is NCc1ccnc(CC(F)C(F)F)c1. The summed E-state index contributed by atoms with van der Waals surface area (Å²) < 4.78 is 36.4. The molecule has 2 nitrogen and oxygen atoms in total. The van der Waals surface area contributed by atoms with Crippen LogP contribution < -0.4 is 5.73 Å². The fourth-order valence-electron chi connectivity index (χ4n) is 1.06. The van der Waals surface area contributed by atoms with E-state index < -0.39 is 12.6 Å². The van der Waals surface area contributed by atoms with Crippen molar-refractivity contribution in [1.82, 2.24) is 4.98 Å². The molecule has 0 aliphatic carbocycles. The van der Waals surface area contributed by atoms with Crippen molar-refractivity contribution < 1.29 is 13.2 Å². The normalized spacial score (nSPS) is 13.2. The topological polar surface area (TPSA) is 38.9 Å². The van der Waals surface area contributed by atoms with Gasteiger partial charge in [0.2, 0.25) is 0 Å². The number of rotatable bonds is 4. The highest BCUT2D eigenvalue weighted by Gasteiger charge is 2.19. The van der Waals surface area contributed by atoms with Crippen LogP contribution in [-0.2, 0) is 13.0 Å². The zero-order chi connectivity index (χ0) is 10.6. The molecule has 0 radical (unpaired) electrons. The van der Waals surface area contributed by atoms with Crippen molar-refractivity contribution in [1.29, 1.82) is 0 Å². The van der Waals surface area contributed by atoms with Crippen LogP contribution in [0.3, 0.4) is 0 Å². The van der Waals surface area contributed by atoms with Crippen molar-refractivity contribution in [2.45, 2.75) is 25.6 Å². The summed E-state index contributed by atoms with van der Waals surface area (Å²) in [6, 6.07) is 3.20. The molecule has 14 heavy (non-hydrogen) atoms. The maximum atomic E-state index is 12.6. The molecule has 1 aromatic rings. The Balaban J connectivity index is 2.66. The number of nitrogens with two attached hydrogens (primary N) is 1. The molecule has 1 unspecified atom stereocenters. The minimum absolute atomic E-state index is 0.293. The highest BCUT2D eigenvalue weighted by atomic mass is 19.3. The minimum Gasteiger partial charge on any atom is -0.326 e. The lowest BCUT2D eigenvalue weighted by atomic mass is 10.1. The third kappa shape index (κ3) is 2.99. The van der Waals surface area contributed by atoms with Crippen LogP contribution >= 0.6 is 0 Å². The van der Waals surface area contributed by atoms with Gasteiger partial charge in [0, 0.05) is 24.9 Å². The first-order valence-corrected chi connectivity index (χ1v) is 4.19. The summed E-state index contributed by atoms with van der Waals surface area (Å²) in [5.74, 6) is 0. The van der Waals surface area contributed by atoms with E-state index in [1.165, 1.54) is 12.3 Å². The second-order valence-corrected chi connectivity index (χ2v) is 2.91. The van der Waals surface area contributed by atoms with E-state index in [1.807, 2.05) is 0 Å². The second kappa shape index (κ2) is 4.95. The first-order chi connectivity index (χ1) is 6.63. The van der Waals surface area contributed by atoms with Gasteiger partial charge in [-0.05, 0) is 17.7 Å². The van der Waals surface area contributed by atoms with Gasteiger partial charge in [-0.3, -0.25) is 4.98 Å². The Labute approximate surface area is 79.9 Å². The average Bonchev–Trinajstić information content (AvgIpc) is 2.18. The van der Waals surface area contributed by atoms with Gasteiger partial charge in [0.15, 0.2) is 6.17 Å². The lowest BCUT2D eigenvalue weighted by Crippen LogP contribution is -2.16. The average molecular weight is 204 g/mol. The monoisotopic (exact) mass is 204 g/mol. The molecule has 0 saturated carbocycles. The van der Waals surface area contributed by atoms with Crippen molar-refractivity contribution in [3.8, 4) is 0 Å². The summed E-state index contributed by atoms with van der Waals surface area (Å²) in [4.78, 5) is 3.78. The highest BCUT2D eigenvalue weighted by Crippen LogP contribution is 2.12. The van der Waals surface area contributed by atoms with Crippen molar-refractivity contribution in [3.63, 3.8) is 0 Å². The number of pyridine rings is 1. The van der Waals surface area contributed by atoms with Gasteiger partial charge in [-0.1, -0.05) is 0 Å². The molecule has 1 rings (SSSR count). The highest BCUT2D eigenvalue weighted by molar-refractivity contribution is 5.16. The van der Waals surface area contributed by atoms with Crippen LogP contribution in [0.15, 0.2) is 18.3 Å². The smallest absolute Gasteiger partial charge is 0.269 e. The molecule has 0 aromatic carbocycles. The van der Waals surface area contributed by atoms with Gasteiger partial charge >= 0.3 is 0 Å². The number of aromatic nitrogens is 1. The quantitative estimate of drug-likeness (QED) is 0.810. The summed E-state index contributed by atoms with van der Waals surface area (Å²) in [5.41, 5.74) is 6.41. The van der Waals surface area contributed by atoms with E-state index in [0.29, 0.717) is 12.2 Å². The Kier molecular flexibility index (Phi) is 3.88. The largest absolute Gasteiger partial charge is 0.326 e. The van der Waals surface area contributed by atoms with E-state index in [9.17, 15) is 13.2 Å². The number of alkyl halides is 3. The van der Waals surface area contributed by atoms with Gasteiger partial charge in [-0.15, -0.1) is 0 Å². The molecule has 78 valence electrons. The molecular weight excluding hydrogens is 193 g/mol. The van der Waals surface area contributed by atoms with Crippen molar-refractivity contribution in [2.75, 3.05) is 0 Å². The number of hydrogen-bond acceptors (Lipinski definition) is 2. The zero-order valence-corrected chi connectivity index (χ0v) is 7.46. The van der Waals surface area contributed by atoms with Gasteiger partial charge in [0.1, 0.15) is 0 Å². The summed E-state index contributed by atoms with van der Waals surface area (Å²) in [6.45, 7) is 0.293. The molecule has 1 heterocycles. The fraction of sp³-hybridized carbons (Fsp3) is 0.444. The molecule has 0 aliphatic heterocycles. The standard InChI is InChI=1S/C9H11F3N2/c10-8(9(11)12)4-7-3-6(5-13)1-2-14-7/h1-3,8-9H,4-5,13H2. The molecule has 2 N–H and O–H groups in total. The summed E-state index contributed by atoms with van der Waals surface area (Å²) in [6.07, 6.45) is -4.05. The molecule has 0 fully saturated rings. The van der Waals surface area contributed by atoms with Crippen LogP contribution in [0.25, 0.3) is 0 Å². The molecule has 1 atom stereocenters. The van der Waals surface area contributed by atoms with Gasteiger partial charge in [-0.2, -0.15) is 0 Å². The molecule has 0 aliphatic rings. The van der Waals surface area contributed by atoms with E-state index in [4.69, 9.17) is 5.73 Å². The Morgan fingerprint density at radius 3 is 2.64 bits per heavy atom. The number of halogens is 3. The summed E-state index contributed by atoms with van der Waals surface area (Å²) >= 11 is 0. The summed E-state index contributed by atoms with van der Waals surface area (Å²) in [7, 11) is 0.